The quantitative estimate of drug-likeness (QED) is 0.446. The number of hydrogen-bond acceptors (Lipinski definition) is 5. The lowest BCUT2D eigenvalue weighted by Crippen LogP contribution is -2.26. The minimum Gasteiger partial charge on any atom is -0.396 e. The van der Waals surface area contributed by atoms with E-state index in [1.54, 1.807) is 41.8 Å². The van der Waals surface area contributed by atoms with Crippen molar-refractivity contribution < 1.29 is 19.1 Å². The Morgan fingerprint density at radius 2 is 2.19 bits per heavy atom. The number of imidazole rings is 1. The molecule has 26 heavy (non-hydrogen) atoms. The van der Waals surface area contributed by atoms with E-state index in [-0.39, 0.29) is 24.5 Å². The number of amides is 1. The Labute approximate surface area is 149 Å². The summed E-state index contributed by atoms with van der Waals surface area (Å²) in [6, 6.07) is 8.13. The highest BCUT2D eigenvalue weighted by molar-refractivity contribution is 5.99. The van der Waals surface area contributed by atoms with Crippen LogP contribution < -0.4 is 10.8 Å². The molecule has 0 fully saturated rings. The van der Waals surface area contributed by atoms with Crippen molar-refractivity contribution in [3.8, 4) is 0 Å². The normalized spacial score (nSPS) is 10.9. The summed E-state index contributed by atoms with van der Waals surface area (Å²) in [5.74, 6) is -0.549. The third-order valence-electron chi connectivity index (χ3n) is 3.78. The van der Waals surface area contributed by atoms with Crippen molar-refractivity contribution >= 4 is 22.9 Å². The number of nitrogens with zero attached hydrogens (tertiary/aromatic N) is 2. The first-order valence-corrected chi connectivity index (χ1v) is 8.11. The van der Waals surface area contributed by atoms with Gasteiger partial charge in [-0.05, 0) is 43.2 Å². The Bertz CT molecular complexity index is 926. The lowest BCUT2D eigenvalue weighted by atomic mass is 10.2. The minimum atomic E-state index is -0.492. The largest absolute Gasteiger partial charge is 0.396 e. The van der Waals surface area contributed by atoms with Gasteiger partial charge < -0.3 is 10.4 Å². The van der Waals surface area contributed by atoms with Crippen molar-refractivity contribution in [2.75, 3.05) is 18.5 Å². The molecule has 0 spiro atoms. The third kappa shape index (κ3) is 3.81. The van der Waals surface area contributed by atoms with Gasteiger partial charge in [0.05, 0.1) is 29.6 Å². The van der Waals surface area contributed by atoms with Crippen LogP contribution in [0.3, 0.4) is 0 Å². The monoisotopic (exact) mass is 358 g/mol. The van der Waals surface area contributed by atoms with E-state index in [0.29, 0.717) is 12.2 Å². The summed E-state index contributed by atoms with van der Waals surface area (Å²) in [7, 11) is 0. The Morgan fingerprint density at radius 3 is 2.96 bits per heavy atom. The van der Waals surface area contributed by atoms with E-state index in [2.05, 4.69) is 15.8 Å². The molecule has 0 aliphatic rings. The highest BCUT2D eigenvalue weighted by Gasteiger charge is 2.16. The number of pyridine rings is 1. The molecule has 0 aliphatic heterocycles. The van der Waals surface area contributed by atoms with Crippen LogP contribution in [-0.2, 0) is 4.84 Å². The van der Waals surface area contributed by atoms with E-state index in [1.807, 2.05) is 0 Å². The Morgan fingerprint density at radius 1 is 1.35 bits per heavy atom. The number of aliphatic hydroxyl groups is 1. The Kier molecular flexibility index (Phi) is 5.45. The molecular weight excluding hydrogens is 339 g/mol. The average molecular weight is 358 g/mol. The van der Waals surface area contributed by atoms with Crippen LogP contribution in [-0.4, -0.2) is 33.6 Å². The molecule has 1 amide bonds. The summed E-state index contributed by atoms with van der Waals surface area (Å²) in [5, 5.41) is 11.7. The van der Waals surface area contributed by atoms with Crippen LogP contribution >= 0.6 is 0 Å². The fourth-order valence-corrected chi connectivity index (χ4v) is 2.46. The molecule has 0 radical (unpaired) electrons. The number of rotatable bonds is 7. The Balaban J connectivity index is 1.93. The number of hydroxylamine groups is 1. The van der Waals surface area contributed by atoms with E-state index >= 15 is 0 Å². The summed E-state index contributed by atoms with van der Waals surface area (Å²) < 4.78 is 15.9. The molecule has 7 nitrogen and oxygen atoms in total. The van der Waals surface area contributed by atoms with E-state index in [9.17, 15) is 9.18 Å². The predicted molar refractivity (Wildman–Crippen MR) is 94.7 cm³/mol. The number of carbonyl (C=O) groups excluding carboxylic acids is 1. The molecule has 1 aromatic carbocycles. The van der Waals surface area contributed by atoms with Crippen LogP contribution in [0.25, 0.3) is 5.52 Å². The van der Waals surface area contributed by atoms with E-state index in [4.69, 9.17) is 9.94 Å². The number of anilines is 2. The molecule has 0 unspecified atom stereocenters. The van der Waals surface area contributed by atoms with Crippen molar-refractivity contribution in [3.63, 3.8) is 0 Å². The molecule has 0 saturated carbocycles. The minimum absolute atomic E-state index is 0.0314. The summed E-state index contributed by atoms with van der Waals surface area (Å²) in [6.45, 7) is 1.95. The first kappa shape index (κ1) is 17.8. The van der Waals surface area contributed by atoms with Crippen LogP contribution in [0.1, 0.15) is 22.3 Å². The number of aromatic nitrogens is 2. The van der Waals surface area contributed by atoms with Gasteiger partial charge in [-0.2, -0.15) is 0 Å². The van der Waals surface area contributed by atoms with Crippen molar-refractivity contribution in [2.24, 2.45) is 0 Å². The van der Waals surface area contributed by atoms with Crippen molar-refractivity contribution in [1.82, 2.24) is 14.9 Å². The molecule has 0 atom stereocenters. The van der Waals surface area contributed by atoms with Crippen LogP contribution in [0.4, 0.5) is 15.9 Å². The van der Waals surface area contributed by atoms with Gasteiger partial charge in [0.2, 0.25) is 0 Å². The van der Waals surface area contributed by atoms with Crippen molar-refractivity contribution in [2.45, 2.75) is 13.3 Å². The second-order valence-electron chi connectivity index (χ2n) is 5.75. The van der Waals surface area contributed by atoms with Crippen molar-refractivity contribution in [1.29, 1.82) is 0 Å². The molecule has 2 aromatic heterocycles. The maximum atomic E-state index is 14.2. The molecule has 136 valence electrons. The number of aliphatic hydroxyl groups excluding tert-OH is 1. The topological polar surface area (TPSA) is 87.9 Å². The molecule has 0 aliphatic carbocycles. The maximum Gasteiger partial charge on any atom is 0.278 e. The second kappa shape index (κ2) is 7.94. The van der Waals surface area contributed by atoms with E-state index < -0.39 is 11.7 Å². The number of aryl methyl sites for hydroxylation is 1. The standard InChI is InChI=1S/C18H19FN4O3/c1-12-3-6-16(15(19)9-12)21-17-14(18(25)22-26-8-2-7-24)5-4-13-10-20-11-23(13)17/h3-6,9-11,21,24H,2,7-8H2,1H3,(H,22,25). The van der Waals surface area contributed by atoms with Gasteiger partial charge in [-0.25, -0.2) is 14.9 Å². The first-order chi connectivity index (χ1) is 12.6. The SMILES string of the molecule is Cc1ccc(Nc2c(C(=O)NOCCCO)ccc3cncn23)c(F)c1. The van der Waals surface area contributed by atoms with Gasteiger partial charge >= 0.3 is 0 Å². The molecule has 0 saturated heterocycles. The summed E-state index contributed by atoms with van der Waals surface area (Å²) >= 11 is 0. The molecular formula is C18H19FN4O3. The number of benzene rings is 1. The highest BCUT2D eigenvalue weighted by atomic mass is 19.1. The molecule has 3 rings (SSSR count). The summed E-state index contributed by atoms with van der Waals surface area (Å²) in [6.07, 6.45) is 3.57. The molecule has 3 aromatic rings. The molecule has 3 N–H and O–H groups in total. The fraction of sp³-hybridized carbons (Fsp3) is 0.222. The van der Waals surface area contributed by atoms with Crippen LogP contribution in [0, 0.1) is 12.7 Å². The number of carbonyl (C=O) groups is 1. The van der Waals surface area contributed by atoms with E-state index in [1.165, 1.54) is 12.4 Å². The zero-order chi connectivity index (χ0) is 18.5. The van der Waals surface area contributed by atoms with Crippen LogP contribution in [0.15, 0.2) is 42.9 Å². The Hall–Kier alpha value is -2.97. The van der Waals surface area contributed by atoms with Crippen LogP contribution in [0.5, 0.6) is 0 Å². The van der Waals surface area contributed by atoms with Crippen LogP contribution in [0.2, 0.25) is 0 Å². The van der Waals surface area contributed by atoms with Gasteiger partial charge in [0.1, 0.15) is 18.0 Å². The van der Waals surface area contributed by atoms with Gasteiger partial charge in [-0.15, -0.1) is 0 Å². The molecule has 8 heteroatoms. The van der Waals surface area contributed by atoms with Gasteiger partial charge in [-0.1, -0.05) is 6.07 Å². The maximum absolute atomic E-state index is 14.2. The zero-order valence-corrected chi connectivity index (χ0v) is 14.2. The van der Waals surface area contributed by atoms with Gasteiger partial charge in [0, 0.05) is 6.61 Å². The number of nitrogens with one attached hydrogen (secondary N) is 2. The predicted octanol–water partition coefficient (Wildman–Crippen LogP) is 2.57. The summed E-state index contributed by atoms with van der Waals surface area (Å²) in [4.78, 5) is 21.6. The molecule has 2 heterocycles. The number of fused-ring (bicyclic) bond motifs is 1. The highest BCUT2D eigenvalue weighted by Crippen LogP contribution is 2.25. The third-order valence-corrected chi connectivity index (χ3v) is 3.78. The number of halogens is 1. The van der Waals surface area contributed by atoms with Crippen molar-refractivity contribution in [3.05, 3.63) is 59.8 Å². The fourth-order valence-electron chi connectivity index (χ4n) is 2.46. The number of hydrogen-bond donors (Lipinski definition) is 3. The lowest BCUT2D eigenvalue weighted by Gasteiger charge is -2.15. The smallest absolute Gasteiger partial charge is 0.278 e. The molecule has 0 bridgehead atoms. The lowest BCUT2D eigenvalue weighted by molar-refractivity contribution is 0.0262. The van der Waals surface area contributed by atoms with Gasteiger partial charge in [-0.3, -0.25) is 14.0 Å². The van der Waals surface area contributed by atoms with Gasteiger partial charge in [0.25, 0.3) is 5.91 Å². The van der Waals surface area contributed by atoms with Gasteiger partial charge in [0.15, 0.2) is 0 Å². The second-order valence-corrected chi connectivity index (χ2v) is 5.75. The zero-order valence-electron chi connectivity index (χ0n) is 14.2. The average Bonchev–Trinajstić information content (AvgIpc) is 3.10. The first-order valence-electron chi connectivity index (χ1n) is 8.11. The van der Waals surface area contributed by atoms with E-state index in [0.717, 1.165) is 11.1 Å². The summed E-state index contributed by atoms with van der Waals surface area (Å²) in [5.41, 5.74) is 4.37.